The van der Waals surface area contributed by atoms with Crippen LogP contribution in [-0.4, -0.2) is 10.5 Å². The number of alkyl halides is 1. The molecule has 2 N–H and O–H groups in total. The Morgan fingerprint density at radius 2 is 2.00 bits per heavy atom. The molecular formula is C7H16IN. The van der Waals surface area contributed by atoms with Crippen molar-refractivity contribution in [3.8, 4) is 0 Å². The molecule has 0 spiro atoms. The Bertz CT molecular complexity index is 81.0. The van der Waals surface area contributed by atoms with Crippen LogP contribution in [0.1, 0.15) is 27.2 Å². The monoisotopic (exact) mass is 241 g/mol. The second kappa shape index (κ2) is 3.76. The maximum absolute atomic E-state index is 5.53. The highest BCUT2D eigenvalue weighted by atomic mass is 127. The van der Waals surface area contributed by atoms with Gasteiger partial charge in [0.05, 0.1) is 0 Å². The Morgan fingerprint density at radius 1 is 1.56 bits per heavy atom. The van der Waals surface area contributed by atoms with Crippen molar-refractivity contribution >= 4 is 22.6 Å². The normalized spacial score (nSPS) is 15.7. The fourth-order valence-corrected chi connectivity index (χ4v) is 0.981. The van der Waals surface area contributed by atoms with Crippen LogP contribution in [0.4, 0.5) is 0 Å². The second-order valence-corrected chi connectivity index (χ2v) is 4.55. The number of hydrogen-bond donors (Lipinski definition) is 1. The van der Waals surface area contributed by atoms with Gasteiger partial charge in [0.2, 0.25) is 0 Å². The quantitative estimate of drug-likeness (QED) is 0.594. The summed E-state index contributed by atoms with van der Waals surface area (Å²) in [5.74, 6) is 0. The van der Waals surface area contributed by atoms with Crippen LogP contribution in [0, 0.1) is 5.41 Å². The van der Waals surface area contributed by atoms with Gasteiger partial charge in [-0.25, -0.2) is 0 Å². The summed E-state index contributed by atoms with van der Waals surface area (Å²) in [6.07, 6.45) is 1.21. The van der Waals surface area contributed by atoms with Crippen LogP contribution in [-0.2, 0) is 0 Å². The first-order valence-corrected chi connectivity index (χ1v) is 4.63. The molecule has 0 fully saturated rings. The molecule has 9 heavy (non-hydrogen) atoms. The fraction of sp³-hybridized carbons (Fsp3) is 1.00. The molecule has 0 aromatic rings. The largest absolute Gasteiger partial charge is 0.329 e. The SMILES string of the molecule is CCC(C)(C)[C@H](I)CN. The molecule has 0 aliphatic rings. The van der Waals surface area contributed by atoms with Crippen LogP contribution in [0.2, 0.25) is 0 Å². The van der Waals surface area contributed by atoms with Gasteiger partial charge in [-0.15, -0.1) is 0 Å². The molecule has 0 aromatic heterocycles. The van der Waals surface area contributed by atoms with Gasteiger partial charge in [0.1, 0.15) is 0 Å². The molecule has 56 valence electrons. The molecule has 0 bridgehead atoms. The first-order valence-electron chi connectivity index (χ1n) is 3.38. The molecule has 1 atom stereocenters. The maximum Gasteiger partial charge on any atom is 0.0283 e. The molecule has 1 nitrogen and oxygen atoms in total. The highest BCUT2D eigenvalue weighted by molar-refractivity contribution is 14.1. The lowest BCUT2D eigenvalue weighted by Crippen LogP contribution is -2.30. The number of hydrogen-bond acceptors (Lipinski definition) is 1. The third-order valence-corrected chi connectivity index (χ3v) is 4.16. The molecular weight excluding hydrogens is 225 g/mol. The van der Waals surface area contributed by atoms with Crippen molar-refractivity contribution in [3.63, 3.8) is 0 Å². The number of rotatable bonds is 3. The lowest BCUT2D eigenvalue weighted by Gasteiger charge is -2.27. The van der Waals surface area contributed by atoms with Crippen molar-refractivity contribution in [1.29, 1.82) is 0 Å². The lowest BCUT2D eigenvalue weighted by molar-refractivity contribution is 0.351. The minimum atomic E-state index is 0.412. The van der Waals surface area contributed by atoms with E-state index in [1.165, 1.54) is 6.42 Å². The van der Waals surface area contributed by atoms with E-state index in [-0.39, 0.29) is 0 Å². The highest BCUT2D eigenvalue weighted by Gasteiger charge is 2.23. The van der Waals surface area contributed by atoms with Crippen LogP contribution in [0.15, 0.2) is 0 Å². The van der Waals surface area contributed by atoms with Crippen LogP contribution in [0.5, 0.6) is 0 Å². The molecule has 0 unspecified atom stereocenters. The van der Waals surface area contributed by atoms with Gasteiger partial charge in [-0.05, 0) is 11.8 Å². The Morgan fingerprint density at radius 3 is 2.11 bits per heavy atom. The third-order valence-electron chi connectivity index (χ3n) is 1.97. The van der Waals surface area contributed by atoms with Gasteiger partial charge in [-0.1, -0.05) is 43.4 Å². The van der Waals surface area contributed by atoms with E-state index in [4.69, 9.17) is 5.73 Å². The average molecular weight is 241 g/mol. The summed E-state index contributed by atoms with van der Waals surface area (Å²) in [7, 11) is 0. The van der Waals surface area contributed by atoms with Crippen molar-refractivity contribution in [2.24, 2.45) is 11.1 Å². The Balaban J connectivity index is 3.80. The predicted octanol–water partition coefficient (Wildman–Crippen LogP) is 2.18. The summed E-state index contributed by atoms with van der Waals surface area (Å²) in [5, 5.41) is 0. The van der Waals surface area contributed by atoms with Gasteiger partial charge < -0.3 is 5.73 Å². The molecule has 0 radical (unpaired) electrons. The van der Waals surface area contributed by atoms with Gasteiger partial charge in [-0.2, -0.15) is 0 Å². The molecule has 0 saturated heterocycles. The van der Waals surface area contributed by atoms with E-state index in [1.54, 1.807) is 0 Å². The first kappa shape index (κ1) is 9.69. The maximum atomic E-state index is 5.53. The summed E-state index contributed by atoms with van der Waals surface area (Å²) in [5.41, 5.74) is 5.94. The zero-order valence-electron chi connectivity index (χ0n) is 6.45. The number of nitrogens with two attached hydrogens (primary N) is 1. The highest BCUT2D eigenvalue weighted by Crippen LogP contribution is 2.29. The topological polar surface area (TPSA) is 26.0 Å². The molecule has 0 aliphatic heterocycles. The van der Waals surface area contributed by atoms with Gasteiger partial charge in [0, 0.05) is 10.5 Å². The third kappa shape index (κ3) is 2.85. The van der Waals surface area contributed by atoms with Crippen LogP contribution >= 0.6 is 22.6 Å². The van der Waals surface area contributed by atoms with Gasteiger partial charge in [0.25, 0.3) is 0 Å². The standard InChI is InChI=1S/C7H16IN/c1-4-7(2,3)6(8)5-9/h6H,4-5,9H2,1-3H3/t6-/m1/s1. The zero-order chi connectivity index (χ0) is 7.49. The van der Waals surface area contributed by atoms with Crippen LogP contribution in [0.25, 0.3) is 0 Å². The Hall–Kier alpha value is 0.690. The molecule has 0 aliphatic carbocycles. The van der Waals surface area contributed by atoms with E-state index in [9.17, 15) is 0 Å². The lowest BCUT2D eigenvalue weighted by atomic mass is 9.87. The van der Waals surface area contributed by atoms with Crippen molar-refractivity contribution in [2.75, 3.05) is 6.54 Å². The van der Waals surface area contributed by atoms with Crippen molar-refractivity contribution in [3.05, 3.63) is 0 Å². The minimum Gasteiger partial charge on any atom is -0.329 e. The van der Waals surface area contributed by atoms with E-state index in [1.807, 2.05) is 0 Å². The van der Waals surface area contributed by atoms with E-state index in [0.717, 1.165) is 6.54 Å². The van der Waals surface area contributed by atoms with Crippen molar-refractivity contribution < 1.29 is 0 Å². The molecule has 2 heteroatoms. The van der Waals surface area contributed by atoms with Crippen LogP contribution < -0.4 is 5.73 Å². The van der Waals surface area contributed by atoms with E-state index < -0.39 is 0 Å². The van der Waals surface area contributed by atoms with Gasteiger partial charge in [-0.3, -0.25) is 0 Å². The average Bonchev–Trinajstić information content (AvgIpc) is 1.86. The molecule has 0 saturated carbocycles. The van der Waals surface area contributed by atoms with Crippen molar-refractivity contribution in [1.82, 2.24) is 0 Å². The summed E-state index contributed by atoms with van der Waals surface area (Å²) in [6, 6.07) is 0. The van der Waals surface area contributed by atoms with Crippen molar-refractivity contribution in [2.45, 2.75) is 31.1 Å². The number of halogens is 1. The predicted molar refractivity (Wildman–Crippen MR) is 50.9 cm³/mol. The summed E-state index contributed by atoms with van der Waals surface area (Å²) < 4.78 is 0.611. The van der Waals surface area contributed by atoms with Gasteiger partial charge in [0.15, 0.2) is 0 Å². The van der Waals surface area contributed by atoms with E-state index in [2.05, 4.69) is 43.4 Å². The van der Waals surface area contributed by atoms with E-state index >= 15 is 0 Å². The fourth-order valence-electron chi connectivity index (χ4n) is 0.541. The summed E-state index contributed by atoms with van der Waals surface area (Å²) >= 11 is 2.42. The van der Waals surface area contributed by atoms with Gasteiger partial charge >= 0.3 is 0 Å². The first-order chi connectivity index (χ1) is 4.04. The molecule has 0 aromatic carbocycles. The summed E-state index contributed by atoms with van der Waals surface area (Å²) in [6.45, 7) is 7.52. The van der Waals surface area contributed by atoms with Crippen LogP contribution in [0.3, 0.4) is 0 Å². The summed E-state index contributed by atoms with van der Waals surface area (Å²) in [4.78, 5) is 0. The van der Waals surface area contributed by atoms with E-state index in [0.29, 0.717) is 9.34 Å². The second-order valence-electron chi connectivity index (χ2n) is 3.05. The minimum absolute atomic E-state index is 0.412. The molecule has 0 amide bonds. The molecule has 0 heterocycles. The Kier molecular flexibility index (Phi) is 4.05. The Labute approximate surface area is 71.5 Å². The molecule has 0 rings (SSSR count). The zero-order valence-corrected chi connectivity index (χ0v) is 8.60. The smallest absolute Gasteiger partial charge is 0.0283 e.